The van der Waals surface area contributed by atoms with Crippen molar-refractivity contribution in [2.24, 2.45) is 5.92 Å². The second-order valence-corrected chi connectivity index (χ2v) is 1.44. The Kier molecular flexibility index (Phi) is 41.1. The third-order valence-electron chi connectivity index (χ3n) is 0.833. The van der Waals surface area contributed by atoms with Crippen LogP contribution >= 0.6 is 0 Å². The van der Waals surface area contributed by atoms with Crippen LogP contribution in [0.3, 0.4) is 0 Å². The fraction of sp³-hybridized carbons (Fsp3) is 0.875. The quantitative estimate of drug-likeness (QED) is 0.534. The summed E-state index contributed by atoms with van der Waals surface area (Å²) < 4.78 is 0. The van der Waals surface area contributed by atoms with Gasteiger partial charge in [0.2, 0.25) is 0 Å². The summed E-state index contributed by atoms with van der Waals surface area (Å²) in [6.07, 6.45) is 0.969. The fourth-order valence-corrected chi connectivity index (χ4v) is 0.0913. The molecule has 0 saturated carbocycles. The van der Waals surface area contributed by atoms with Crippen molar-refractivity contribution in [2.45, 2.75) is 42.5 Å². The zero-order chi connectivity index (χ0) is 4.99. The highest BCUT2D eigenvalue weighted by atomic mass is 14.2. The van der Waals surface area contributed by atoms with Gasteiger partial charge in [-0.15, -0.1) is 0 Å². The summed E-state index contributed by atoms with van der Waals surface area (Å²) in [6.45, 7) is 3.92. The van der Waals surface area contributed by atoms with Gasteiger partial charge in [0.25, 0.3) is 0 Å². The normalized spacial score (nSPS) is 8.56. The van der Waals surface area contributed by atoms with Gasteiger partial charge < -0.3 is 0 Å². The molecule has 1 atom stereocenters. The van der Waals surface area contributed by atoms with Crippen molar-refractivity contribution in [2.75, 3.05) is 0 Å². The van der Waals surface area contributed by atoms with Crippen LogP contribution < -0.4 is 0 Å². The van der Waals surface area contributed by atoms with Gasteiger partial charge in [-0.3, -0.25) is 0 Å². The second kappa shape index (κ2) is 15.6. The molecule has 0 aliphatic rings. The van der Waals surface area contributed by atoms with E-state index in [1.165, 1.54) is 0 Å². The van der Waals surface area contributed by atoms with Crippen LogP contribution in [-0.2, 0) is 0 Å². The topological polar surface area (TPSA) is 23.8 Å². The van der Waals surface area contributed by atoms with Crippen LogP contribution in [0.2, 0.25) is 0 Å². The van der Waals surface area contributed by atoms with Crippen LogP contribution in [0.5, 0.6) is 0 Å². The standard InChI is InChI=1S/C5H9N.3CH4/c1-3-5(2)4-6;;;/h5H,3H2,1-2H3;3*1H4. The van der Waals surface area contributed by atoms with E-state index >= 15 is 0 Å². The highest BCUT2D eigenvalue weighted by molar-refractivity contribution is 4.76. The Bertz CT molecular complexity index is 61.5. The zero-order valence-corrected chi connectivity index (χ0v) is 4.23. The number of hydrogen-bond acceptors (Lipinski definition) is 1. The average Bonchev–Trinajstić information content (AvgIpc) is 1.65. The first-order valence-corrected chi connectivity index (χ1v) is 2.20. The molecule has 58 valence electrons. The third kappa shape index (κ3) is 18.5. The number of rotatable bonds is 1. The lowest BCUT2D eigenvalue weighted by molar-refractivity contribution is 0.713. The van der Waals surface area contributed by atoms with Gasteiger partial charge in [-0.25, -0.2) is 0 Å². The molecule has 1 unspecified atom stereocenters. The number of hydrogen-bond donors (Lipinski definition) is 0. The lowest BCUT2D eigenvalue weighted by Crippen LogP contribution is -1.81. The van der Waals surface area contributed by atoms with Gasteiger partial charge in [0.15, 0.2) is 0 Å². The molecule has 9 heavy (non-hydrogen) atoms. The first kappa shape index (κ1) is 23.6. The molecule has 1 nitrogen and oxygen atoms in total. The SMILES string of the molecule is C.C.C.CCC(C)C#N. The Labute approximate surface area is 60.7 Å². The summed E-state index contributed by atoms with van der Waals surface area (Å²) in [5.41, 5.74) is 0. The first-order chi connectivity index (χ1) is 2.81. The summed E-state index contributed by atoms with van der Waals surface area (Å²) in [5, 5.41) is 8.08. The molecule has 0 aliphatic heterocycles. The van der Waals surface area contributed by atoms with E-state index in [2.05, 4.69) is 6.07 Å². The zero-order valence-electron chi connectivity index (χ0n) is 4.23. The molecule has 0 fully saturated rings. The Morgan fingerprint density at radius 3 is 1.67 bits per heavy atom. The van der Waals surface area contributed by atoms with Crippen LogP contribution in [0.25, 0.3) is 0 Å². The predicted octanol–water partition coefficient (Wildman–Crippen LogP) is 3.46. The van der Waals surface area contributed by atoms with Crippen LogP contribution in [0.15, 0.2) is 0 Å². The Morgan fingerprint density at radius 2 is 1.67 bits per heavy atom. The van der Waals surface area contributed by atoms with Gasteiger partial charge in [-0.2, -0.15) is 5.26 Å². The van der Waals surface area contributed by atoms with Gasteiger partial charge in [0.1, 0.15) is 0 Å². The maximum absolute atomic E-state index is 8.08. The lowest BCUT2D eigenvalue weighted by atomic mass is 10.2. The minimum absolute atomic E-state index is 0. The van der Waals surface area contributed by atoms with Crippen LogP contribution in [-0.4, -0.2) is 0 Å². The fourth-order valence-electron chi connectivity index (χ4n) is 0.0913. The van der Waals surface area contributed by atoms with Gasteiger partial charge in [0, 0.05) is 5.92 Å². The second-order valence-electron chi connectivity index (χ2n) is 1.44. The highest BCUT2D eigenvalue weighted by Gasteiger charge is 1.88. The molecule has 0 radical (unpaired) electrons. The molecule has 0 spiro atoms. The highest BCUT2D eigenvalue weighted by Crippen LogP contribution is 1.94. The van der Waals surface area contributed by atoms with E-state index < -0.39 is 0 Å². The Hall–Kier alpha value is -0.510. The van der Waals surface area contributed by atoms with Gasteiger partial charge in [-0.05, 0) is 13.3 Å². The van der Waals surface area contributed by atoms with Crippen LogP contribution in [0, 0.1) is 17.2 Å². The first-order valence-electron chi connectivity index (χ1n) is 2.20. The maximum atomic E-state index is 8.08. The van der Waals surface area contributed by atoms with Crippen molar-refractivity contribution in [1.29, 1.82) is 5.26 Å². The van der Waals surface area contributed by atoms with Crippen molar-refractivity contribution in [3.63, 3.8) is 0 Å². The molecular weight excluding hydrogens is 110 g/mol. The molecule has 0 aliphatic carbocycles. The molecule has 0 bridgehead atoms. The van der Waals surface area contributed by atoms with E-state index in [0.717, 1.165) is 6.42 Å². The smallest absolute Gasteiger partial charge is 0.0652 e. The van der Waals surface area contributed by atoms with E-state index in [1.54, 1.807) is 0 Å². The van der Waals surface area contributed by atoms with E-state index in [1.807, 2.05) is 13.8 Å². The summed E-state index contributed by atoms with van der Waals surface area (Å²) in [7, 11) is 0. The number of nitriles is 1. The van der Waals surface area contributed by atoms with Crippen molar-refractivity contribution < 1.29 is 0 Å². The minimum Gasteiger partial charge on any atom is -0.198 e. The molecular formula is C8H21N. The molecule has 0 saturated heterocycles. The van der Waals surface area contributed by atoms with Crippen LogP contribution in [0.4, 0.5) is 0 Å². The molecule has 0 aromatic carbocycles. The van der Waals surface area contributed by atoms with Gasteiger partial charge in [0.05, 0.1) is 6.07 Å². The van der Waals surface area contributed by atoms with Crippen LogP contribution in [0.1, 0.15) is 42.5 Å². The predicted molar refractivity (Wildman–Crippen MR) is 45.3 cm³/mol. The molecule has 0 aromatic heterocycles. The lowest BCUT2D eigenvalue weighted by Gasteiger charge is -1.87. The molecule has 0 N–H and O–H groups in total. The van der Waals surface area contributed by atoms with Crippen molar-refractivity contribution in [1.82, 2.24) is 0 Å². The molecule has 1 heteroatoms. The van der Waals surface area contributed by atoms with Crippen molar-refractivity contribution >= 4 is 0 Å². The molecule has 0 heterocycles. The average molecular weight is 131 g/mol. The van der Waals surface area contributed by atoms with Crippen molar-refractivity contribution in [3.05, 3.63) is 0 Å². The summed E-state index contributed by atoms with van der Waals surface area (Å²) >= 11 is 0. The number of nitrogens with zero attached hydrogens (tertiary/aromatic N) is 1. The monoisotopic (exact) mass is 131 g/mol. The van der Waals surface area contributed by atoms with E-state index in [0.29, 0.717) is 0 Å². The minimum atomic E-state index is 0. The third-order valence-corrected chi connectivity index (χ3v) is 0.833. The maximum Gasteiger partial charge on any atom is 0.0652 e. The Morgan fingerprint density at radius 1 is 1.33 bits per heavy atom. The van der Waals surface area contributed by atoms with E-state index in [9.17, 15) is 0 Å². The molecule has 0 amide bonds. The largest absolute Gasteiger partial charge is 0.198 e. The van der Waals surface area contributed by atoms with Gasteiger partial charge in [-0.1, -0.05) is 29.2 Å². The Balaban J connectivity index is -0.0000000417. The van der Waals surface area contributed by atoms with E-state index in [4.69, 9.17) is 5.26 Å². The van der Waals surface area contributed by atoms with E-state index in [-0.39, 0.29) is 28.2 Å². The summed E-state index contributed by atoms with van der Waals surface area (Å²) in [5.74, 6) is 0.241. The molecule has 0 rings (SSSR count). The van der Waals surface area contributed by atoms with Gasteiger partial charge >= 0.3 is 0 Å². The molecule has 0 aromatic rings. The van der Waals surface area contributed by atoms with Crippen molar-refractivity contribution in [3.8, 4) is 6.07 Å². The summed E-state index contributed by atoms with van der Waals surface area (Å²) in [6, 6.07) is 2.11. The summed E-state index contributed by atoms with van der Waals surface area (Å²) in [4.78, 5) is 0.